The first-order valence-electron chi connectivity index (χ1n) is 4.70. The zero-order valence-corrected chi connectivity index (χ0v) is 8.84. The molecule has 0 fully saturated rings. The molecule has 0 aromatic heterocycles. The molecule has 0 spiro atoms. The van der Waals surface area contributed by atoms with E-state index in [0.29, 0.717) is 12.1 Å². The van der Waals surface area contributed by atoms with Crippen molar-refractivity contribution in [2.75, 3.05) is 6.61 Å². The second kappa shape index (κ2) is 5.34. The first-order valence-corrected chi connectivity index (χ1v) is 4.70. The van der Waals surface area contributed by atoms with E-state index in [9.17, 15) is 18.0 Å². The molecular weight excluding hydrogens is 235 g/mol. The van der Waals surface area contributed by atoms with Gasteiger partial charge >= 0.3 is 5.97 Å². The predicted octanol–water partition coefficient (Wildman–Crippen LogP) is 2.81. The number of nitriles is 1. The van der Waals surface area contributed by atoms with Crippen molar-refractivity contribution in [2.24, 2.45) is 0 Å². The van der Waals surface area contributed by atoms with Gasteiger partial charge in [-0.3, -0.25) is 0 Å². The van der Waals surface area contributed by atoms with Crippen LogP contribution >= 0.6 is 0 Å². The third kappa shape index (κ3) is 2.75. The van der Waals surface area contributed by atoms with Gasteiger partial charge in [0.25, 0.3) is 6.43 Å². The third-order valence-corrected chi connectivity index (χ3v) is 1.98. The number of rotatable bonds is 3. The van der Waals surface area contributed by atoms with Crippen LogP contribution in [0.15, 0.2) is 12.1 Å². The van der Waals surface area contributed by atoms with Gasteiger partial charge in [-0.2, -0.15) is 5.26 Å². The Kier molecular flexibility index (Phi) is 4.10. The fourth-order valence-electron chi connectivity index (χ4n) is 1.29. The number of carbonyl (C=O) groups is 1. The van der Waals surface area contributed by atoms with E-state index < -0.39 is 34.9 Å². The van der Waals surface area contributed by atoms with E-state index >= 15 is 0 Å². The van der Waals surface area contributed by atoms with Gasteiger partial charge in [0.05, 0.1) is 17.7 Å². The van der Waals surface area contributed by atoms with E-state index in [1.165, 1.54) is 13.0 Å². The fourth-order valence-corrected chi connectivity index (χ4v) is 1.29. The molecule has 90 valence electrons. The summed E-state index contributed by atoms with van der Waals surface area (Å²) in [7, 11) is 0. The van der Waals surface area contributed by atoms with Gasteiger partial charge < -0.3 is 4.74 Å². The molecule has 0 amide bonds. The van der Waals surface area contributed by atoms with Crippen molar-refractivity contribution in [1.82, 2.24) is 0 Å². The van der Waals surface area contributed by atoms with Crippen LogP contribution in [-0.4, -0.2) is 12.6 Å². The summed E-state index contributed by atoms with van der Waals surface area (Å²) in [4.78, 5) is 11.4. The molecule has 0 unspecified atom stereocenters. The molecule has 17 heavy (non-hydrogen) atoms. The average molecular weight is 243 g/mol. The first-order chi connectivity index (χ1) is 8.01. The maximum absolute atomic E-state index is 13.1. The number of esters is 1. The van der Waals surface area contributed by atoms with Gasteiger partial charge in [0.15, 0.2) is 0 Å². The molecule has 1 rings (SSSR count). The zero-order valence-electron chi connectivity index (χ0n) is 8.84. The summed E-state index contributed by atoms with van der Waals surface area (Å²) in [6, 6.07) is 2.71. The summed E-state index contributed by atoms with van der Waals surface area (Å²) in [6.45, 7) is 1.52. The lowest BCUT2D eigenvalue weighted by molar-refractivity contribution is 0.0525. The van der Waals surface area contributed by atoms with Crippen molar-refractivity contribution in [3.8, 4) is 6.07 Å². The molecule has 0 heterocycles. The molecule has 0 radical (unpaired) electrons. The Morgan fingerprint density at radius 2 is 2.18 bits per heavy atom. The van der Waals surface area contributed by atoms with Crippen LogP contribution in [0.2, 0.25) is 0 Å². The van der Waals surface area contributed by atoms with Crippen molar-refractivity contribution < 1.29 is 22.7 Å². The number of carbonyl (C=O) groups excluding carboxylic acids is 1. The molecule has 0 saturated carbocycles. The average Bonchev–Trinajstić information content (AvgIpc) is 2.28. The van der Waals surface area contributed by atoms with Crippen LogP contribution in [-0.2, 0) is 4.74 Å². The monoisotopic (exact) mass is 243 g/mol. The molecule has 0 aliphatic heterocycles. The molecule has 0 bridgehead atoms. The molecule has 0 aliphatic rings. The van der Waals surface area contributed by atoms with E-state index in [-0.39, 0.29) is 6.61 Å². The fraction of sp³-hybridized carbons (Fsp3) is 0.273. The van der Waals surface area contributed by atoms with Gasteiger partial charge in [-0.1, -0.05) is 0 Å². The maximum atomic E-state index is 13.1. The Morgan fingerprint density at radius 3 is 2.65 bits per heavy atom. The summed E-state index contributed by atoms with van der Waals surface area (Å²) in [5.74, 6) is -2.01. The Balaban J connectivity index is 3.39. The highest BCUT2D eigenvalue weighted by Crippen LogP contribution is 2.26. The molecule has 3 nitrogen and oxygen atoms in total. The van der Waals surface area contributed by atoms with Crippen molar-refractivity contribution >= 4 is 5.97 Å². The summed E-state index contributed by atoms with van der Waals surface area (Å²) in [5, 5.41) is 8.74. The summed E-state index contributed by atoms with van der Waals surface area (Å²) < 4.78 is 42.7. The molecule has 0 N–H and O–H groups in total. The lowest BCUT2D eigenvalue weighted by Gasteiger charge is -2.08. The normalized spacial score (nSPS) is 10.1. The Bertz CT molecular complexity index is 480. The molecule has 0 saturated heterocycles. The van der Waals surface area contributed by atoms with Gasteiger partial charge in [-0.05, 0) is 19.1 Å². The van der Waals surface area contributed by atoms with Crippen LogP contribution in [0.25, 0.3) is 0 Å². The highest BCUT2D eigenvalue weighted by molar-refractivity contribution is 5.92. The smallest absolute Gasteiger partial charge is 0.339 e. The van der Waals surface area contributed by atoms with Crippen molar-refractivity contribution in [2.45, 2.75) is 13.3 Å². The number of hydrogen-bond acceptors (Lipinski definition) is 3. The standard InChI is InChI=1S/C11H8F3NO2/c1-2-17-11(16)8-4-6(12)3-7(10(13)14)9(8)5-15/h3-4,10H,2H2,1H3. The van der Waals surface area contributed by atoms with Crippen LogP contribution in [0.1, 0.15) is 34.8 Å². The van der Waals surface area contributed by atoms with Crippen LogP contribution in [0.4, 0.5) is 13.2 Å². The van der Waals surface area contributed by atoms with Crippen molar-refractivity contribution in [3.05, 3.63) is 34.6 Å². The first kappa shape index (κ1) is 13.0. The van der Waals surface area contributed by atoms with Gasteiger partial charge in [0, 0.05) is 5.56 Å². The Hall–Kier alpha value is -2.03. The molecule has 6 heteroatoms. The Morgan fingerprint density at radius 1 is 1.53 bits per heavy atom. The van der Waals surface area contributed by atoms with Crippen LogP contribution in [0.5, 0.6) is 0 Å². The maximum Gasteiger partial charge on any atom is 0.339 e. The largest absolute Gasteiger partial charge is 0.462 e. The van der Waals surface area contributed by atoms with E-state index in [1.807, 2.05) is 0 Å². The van der Waals surface area contributed by atoms with Crippen LogP contribution < -0.4 is 0 Å². The minimum absolute atomic E-state index is 0.00419. The summed E-state index contributed by atoms with van der Waals surface area (Å²) >= 11 is 0. The topological polar surface area (TPSA) is 50.1 Å². The lowest BCUT2D eigenvalue weighted by Crippen LogP contribution is -2.10. The van der Waals surface area contributed by atoms with Crippen LogP contribution in [0, 0.1) is 17.1 Å². The number of benzene rings is 1. The SMILES string of the molecule is CCOC(=O)c1cc(F)cc(C(F)F)c1C#N. The minimum atomic E-state index is -3.03. The third-order valence-electron chi connectivity index (χ3n) is 1.98. The van der Waals surface area contributed by atoms with E-state index in [0.717, 1.165) is 0 Å². The zero-order chi connectivity index (χ0) is 13.0. The van der Waals surface area contributed by atoms with Crippen molar-refractivity contribution in [3.63, 3.8) is 0 Å². The molecular formula is C11H8F3NO2. The molecule has 0 atom stereocenters. The summed E-state index contributed by atoms with van der Waals surface area (Å²) in [5.41, 5.74) is -1.85. The van der Waals surface area contributed by atoms with Gasteiger partial charge in [0.2, 0.25) is 0 Å². The van der Waals surface area contributed by atoms with Gasteiger partial charge in [-0.15, -0.1) is 0 Å². The second-order valence-corrected chi connectivity index (χ2v) is 3.05. The van der Waals surface area contributed by atoms with Gasteiger partial charge in [-0.25, -0.2) is 18.0 Å². The molecule has 1 aromatic rings. The highest BCUT2D eigenvalue weighted by atomic mass is 19.3. The van der Waals surface area contributed by atoms with E-state index in [1.54, 1.807) is 0 Å². The number of hydrogen-bond donors (Lipinski definition) is 0. The van der Waals surface area contributed by atoms with Gasteiger partial charge in [0.1, 0.15) is 11.9 Å². The van der Waals surface area contributed by atoms with E-state index in [4.69, 9.17) is 5.26 Å². The molecule has 1 aromatic carbocycles. The number of halogens is 3. The predicted molar refractivity (Wildman–Crippen MR) is 52.0 cm³/mol. The quantitative estimate of drug-likeness (QED) is 0.767. The van der Waals surface area contributed by atoms with E-state index in [2.05, 4.69) is 4.74 Å². The number of nitrogens with zero attached hydrogens (tertiary/aromatic N) is 1. The minimum Gasteiger partial charge on any atom is -0.462 e. The highest BCUT2D eigenvalue weighted by Gasteiger charge is 2.22. The second-order valence-electron chi connectivity index (χ2n) is 3.05. The number of alkyl halides is 2. The number of ether oxygens (including phenoxy) is 1. The molecule has 0 aliphatic carbocycles. The Labute approximate surface area is 95.4 Å². The van der Waals surface area contributed by atoms with Crippen LogP contribution in [0.3, 0.4) is 0 Å². The van der Waals surface area contributed by atoms with Crippen molar-refractivity contribution in [1.29, 1.82) is 5.26 Å². The lowest BCUT2D eigenvalue weighted by atomic mass is 10.0. The summed E-state index contributed by atoms with van der Waals surface area (Å²) in [6.07, 6.45) is -3.03.